The van der Waals surface area contributed by atoms with E-state index in [0.717, 1.165) is 62.9 Å². The average molecular weight is 489 g/mol. The highest BCUT2D eigenvalue weighted by Crippen LogP contribution is 2.32. The zero-order chi connectivity index (χ0) is 20.9. The first-order chi connectivity index (χ1) is 14.6. The molecule has 7 heteroatoms. The van der Waals surface area contributed by atoms with Crippen LogP contribution >= 0.6 is 27.7 Å². The number of aromatic nitrogens is 1. The SMILES string of the molecule is Nc1cc(CN2CCC(C(=O)N3CCC(Sc4ccc(Br)cc4)CC3)CC2)ccn1. The highest BCUT2D eigenvalue weighted by Gasteiger charge is 2.31. The van der Waals surface area contributed by atoms with Crippen LogP contribution in [0.25, 0.3) is 0 Å². The average Bonchev–Trinajstić information content (AvgIpc) is 2.76. The first-order valence-corrected chi connectivity index (χ1v) is 12.4. The Hall–Kier alpha value is -1.57. The van der Waals surface area contributed by atoms with Crippen LogP contribution in [-0.4, -0.2) is 52.1 Å². The highest BCUT2D eigenvalue weighted by atomic mass is 79.9. The number of nitrogens with two attached hydrogens (primary N) is 1. The molecule has 1 amide bonds. The second kappa shape index (κ2) is 10.2. The van der Waals surface area contributed by atoms with Crippen molar-refractivity contribution in [3.05, 3.63) is 52.6 Å². The molecule has 0 saturated carbocycles. The minimum atomic E-state index is 0.180. The predicted molar refractivity (Wildman–Crippen MR) is 126 cm³/mol. The molecule has 2 aliphatic rings. The summed E-state index contributed by atoms with van der Waals surface area (Å²) >= 11 is 5.44. The molecule has 2 saturated heterocycles. The van der Waals surface area contributed by atoms with Crippen LogP contribution in [0.15, 0.2) is 52.0 Å². The summed E-state index contributed by atoms with van der Waals surface area (Å²) in [5.41, 5.74) is 6.98. The van der Waals surface area contributed by atoms with Crippen molar-refractivity contribution in [2.75, 3.05) is 31.9 Å². The number of hydrogen-bond donors (Lipinski definition) is 1. The molecule has 2 aliphatic heterocycles. The third-order valence-electron chi connectivity index (χ3n) is 6.06. The molecule has 2 N–H and O–H groups in total. The van der Waals surface area contributed by atoms with Gasteiger partial charge >= 0.3 is 0 Å². The van der Waals surface area contributed by atoms with Gasteiger partial charge in [-0.3, -0.25) is 9.69 Å². The number of likely N-dealkylation sites (tertiary alicyclic amines) is 2. The fraction of sp³-hybridized carbons (Fsp3) is 0.478. The molecule has 30 heavy (non-hydrogen) atoms. The van der Waals surface area contributed by atoms with Gasteiger partial charge in [0.05, 0.1) is 0 Å². The standard InChI is InChI=1S/C23H29BrN4OS/c24-19-1-3-20(4-2-19)30-21-8-13-28(14-9-21)23(29)18-6-11-27(12-7-18)16-17-5-10-26-22(25)15-17/h1-5,10,15,18,21H,6-9,11-14,16H2,(H2,25,26). The molecule has 2 fully saturated rings. The molecule has 0 unspecified atom stereocenters. The summed E-state index contributed by atoms with van der Waals surface area (Å²) in [6, 6.07) is 12.5. The minimum absolute atomic E-state index is 0.180. The lowest BCUT2D eigenvalue weighted by atomic mass is 9.94. The lowest BCUT2D eigenvalue weighted by Gasteiger charge is -2.37. The lowest BCUT2D eigenvalue weighted by molar-refractivity contribution is -0.138. The van der Waals surface area contributed by atoms with E-state index in [-0.39, 0.29) is 5.92 Å². The molecule has 2 aromatic rings. The number of nitrogen functional groups attached to an aromatic ring is 1. The minimum Gasteiger partial charge on any atom is -0.384 e. The molecule has 0 spiro atoms. The van der Waals surface area contributed by atoms with Gasteiger partial charge in [-0.05, 0) is 80.7 Å². The fourth-order valence-electron chi connectivity index (χ4n) is 4.35. The van der Waals surface area contributed by atoms with Crippen molar-refractivity contribution in [2.24, 2.45) is 5.92 Å². The number of halogens is 1. The molecular weight excluding hydrogens is 460 g/mol. The van der Waals surface area contributed by atoms with Crippen molar-refractivity contribution in [1.82, 2.24) is 14.8 Å². The van der Waals surface area contributed by atoms with Crippen molar-refractivity contribution < 1.29 is 4.79 Å². The molecule has 0 aliphatic carbocycles. The van der Waals surface area contributed by atoms with Gasteiger partial charge in [-0.1, -0.05) is 15.9 Å². The Labute approximate surface area is 191 Å². The Kier molecular flexibility index (Phi) is 7.33. The van der Waals surface area contributed by atoms with Gasteiger partial charge in [0.15, 0.2) is 0 Å². The summed E-state index contributed by atoms with van der Waals surface area (Å²) in [4.78, 5) is 22.9. The molecule has 160 valence electrons. The maximum absolute atomic E-state index is 13.0. The van der Waals surface area contributed by atoms with E-state index >= 15 is 0 Å². The number of rotatable bonds is 5. The number of pyridine rings is 1. The Bertz CT molecular complexity index is 847. The van der Waals surface area contributed by atoms with E-state index in [2.05, 4.69) is 55.0 Å². The number of hydrogen-bond acceptors (Lipinski definition) is 5. The van der Waals surface area contributed by atoms with E-state index < -0.39 is 0 Å². The third-order valence-corrected chi connectivity index (χ3v) is 7.94. The van der Waals surface area contributed by atoms with Crippen molar-refractivity contribution >= 4 is 39.4 Å². The zero-order valence-electron chi connectivity index (χ0n) is 17.2. The van der Waals surface area contributed by atoms with Crippen LogP contribution in [-0.2, 0) is 11.3 Å². The Balaban J connectivity index is 1.21. The van der Waals surface area contributed by atoms with Crippen LogP contribution in [0, 0.1) is 5.92 Å². The Morgan fingerprint density at radius 2 is 1.77 bits per heavy atom. The smallest absolute Gasteiger partial charge is 0.225 e. The summed E-state index contributed by atoms with van der Waals surface area (Å²) in [6.07, 6.45) is 5.82. The maximum atomic E-state index is 13.0. The van der Waals surface area contributed by atoms with Gasteiger partial charge in [-0.2, -0.15) is 0 Å². The third kappa shape index (κ3) is 5.77. The zero-order valence-corrected chi connectivity index (χ0v) is 19.6. The van der Waals surface area contributed by atoms with E-state index in [1.165, 1.54) is 10.5 Å². The second-order valence-electron chi connectivity index (χ2n) is 8.24. The largest absolute Gasteiger partial charge is 0.384 e. The van der Waals surface area contributed by atoms with Crippen molar-refractivity contribution in [3.8, 4) is 0 Å². The molecule has 1 aromatic heterocycles. The van der Waals surface area contributed by atoms with Crippen LogP contribution < -0.4 is 5.73 Å². The van der Waals surface area contributed by atoms with Crippen LogP contribution in [0.3, 0.4) is 0 Å². The molecule has 0 bridgehead atoms. The molecule has 3 heterocycles. The maximum Gasteiger partial charge on any atom is 0.225 e. The number of carbonyl (C=O) groups excluding carboxylic acids is 1. The predicted octanol–water partition coefficient (Wildman–Crippen LogP) is 4.42. The number of piperidine rings is 2. The van der Waals surface area contributed by atoms with Crippen LogP contribution in [0.1, 0.15) is 31.2 Å². The number of nitrogens with zero attached hydrogens (tertiary/aromatic N) is 3. The Morgan fingerprint density at radius 1 is 1.07 bits per heavy atom. The van der Waals surface area contributed by atoms with Crippen LogP contribution in [0.2, 0.25) is 0 Å². The first kappa shape index (κ1) is 21.7. The number of anilines is 1. The van der Waals surface area contributed by atoms with Gasteiger partial charge in [-0.15, -0.1) is 11.8 Å². The molecule has 1 aromatic carbocycles. The van der Waals surface area contributed by atoms with E-state index in [1.807, 2.05) is 23.9 Å². The van der Waals surface area contributed by atoms with Crippen molar-refractivity contribution in [2.45, 2.75) is 42.4 Å². The van der Waals surface area contributed by atoms with E-state index in [1.54, 1.807) is 6.20 Å². The van der Waals surface area contributed by atoms with Crippen molar-refractivity contribution in [1.29, 1.82) is 0 Å². The summed E-state index contributed by atoms with van der Waals surface area (Å²) in [5.74, 6) is 1.12. The number of benzene rings is 1. The van der Waals surface area contributed by atoms with Crippen LogP contribution in [0.5, 0.6) is 0 Å². The number of carbonyl (C=O) groups is 1. The quantitative estimate of drug-likeness (QED) is 0.674. The number of thioether (sulfide) groups is 1. The van der Waals surface area contributed by atoms with Gasteiger partial charge in [0.25, 0.3) is 0 Å². The second-order valence-corrected chi connectivity index (χ2v) is 10.5. The van der Waals surface area contributed by atoms with Gasteiger partial charge in [0.2, 0.25) is 5.91 Å². The monoisotopic (exact) mass is 488 g/mol. The first-order valence-electron chi connectivity index (χ1n) is 10.7. The van der Waals surface area contributed by atoms with E-state index in [4.69, 9.17) is 5.73 Å². The summed E-state index contributed by atoms with van der Waals surface area (Å²) in [5, 5.41) is 0.602. The summed E-state index contributed by atoms with van der Waals surface area (Å²) < 4.78 is 1.11. The fourth-order valence-corrected chi connectivity index (χ4v) is 5.74. The summed E-state index contributed by atoms with van der Waals surface area (Å²) in [7, 11) is 0. The Morgan fingerprint density at radius 3 is 2.43 bits per heavy atom. The van der Waals surface area contributed by atoms with E-state index in [0.29, 0.717) is 17.0 Å². The lowest BCUT2D eigenvalue weighted by Crippen LogP contribution is -2.45. The van der Waals surface area contributed by atoms with Gasteiger partial charge in [0.1, 0.15) is 5.82 Å². The molecule has 5 nitrogen and oxygen atoms in total. The summed E-state index contributed by atoms with van der Waals surface area (Å²) in [6.45, 7) is 4.60. The molecule has 0 radical (unpaired) electrons. The normalized spacial score (nSPS) is 19.2. The molecule has 0 atom stereocenters. The van der Waals surface area contributed by atoms with Gasteiger partial charge in [-0.25, -0.2) is 4.98 Å². The molecule has 4 rings (SSSR count). The topological polar surface area (TPSA) is 62.5 Å². The number of amides is 1. The van der Waals surface area contributed by atoms with E-state index in [9.17, 15) is 4.79 Å². The van der Waals surface area contributed by atoms with Gasteiger partial charge < -0.3 is 10.6 Å². The highest BCUT2D eigenvalue weighted by molar-refractivity contribution is 9.10. The van der Waals surface area contributed by atoms with Gasteiger partial charge in [0, 0.05) is 46.4 Å². The van der Waals surface area contributed by atoms with Crippen molar-refractivity contribution in [3.63, 3.8) is 0 Å². The van der Waals surface area contributed by atoms with Crippen LogP contribution in [0.4, 0.5) is 5.82 Å². The molecular formula is C23H29BrN4OS.